The largest absolute Gasteiger partial charge is 0.314 e. The van der Waals surface area contributed by atoms with Gasteiger partial charge in [-0.1, -0.05) is 36.8 Å². The molecule has 0 saturated carbocycles. The van der Waals surface area contributed by atoms with Crippen LogP contribution in [0.25, 0.3) is 0 Å². The molecule has 1 aromatic rings. The molecule has 1 aliphatic rings. The van der Waals surface area contributed by atoms with Crippen LogP contribution in [0.5, 0.6) is 0 Å². The van der Waals surface area contributed by atoms with Crippen LogP contribution < -0.4 is 10.6 Å². The molecular weight excluding hydrogens is 208 g/mol. The van der Waals surface area contributed by atoms with Crippen LogP contribution in [0.2, 0.25) is 0 Å². The van der Waals surface area contributed by atoms with Crippen LogP contribution in [-0.4, -0.2) is 19.1 Å². The van der Waals surface area contributed by atoms with Gasteiger partial charge in [-0.25, -0.2) is 0 Å². The van der Waals surface area contributed by atoms with Gasteiger partial charge in [0.05, 0.1) is 0 Å². The SMILES string of the molecule is c1ccc(CNCCCC2CCCCN2)cc1. The van der Waals surface area contributed by atoms with Crippen molar-refractivity contribution in [2.45, 2.75) is 44.7 Å². The van der Waals surface area contributed by atoms with Gasteiger partial charge in [0.25, 0.3) is 0 Å². The highest BCUT2D eigenvalue weighted by Gasteiger charge is 2.11. The molecule has 94 valence electrons. The van der Waals surface area contributed by atoms with Crippen LogP contribution in [0.3, 0.4) is 0 Å². The minimum absolute atomic E-state index is 0.780. The molecule has 0 radical (unpaired) electrons. The molecule has 2 rings (SSSR count). The molecule has 0 bridgehead atoms. The van der Waals surface area contributed by atoms with Crippen LogP contribution in [0.4, 0.5) is 0 Å². The van der Waals surface area contributed by atoms with Crippen molar-refractivity contribution in [3.8, 4) is 0 Å². The predicted octanol–water partition coefficient (Wildman–Crippen LogP) is 2.70. The Morgan fingerprint density at radius 1 is 1.18 bits per heavy atom. The summed E-state index contributed by atoms with van der Waals surface area (Å²) in [4.78, 5) is 0. The van der Waals surface area contributed by atoms with Crippen molar-refractivity contribution >= 4 is 0 Å². The summed E-state index contributed by atoms with van der Waals surface area (Å²) in [6.45, 7) is 3.36. The van der Waals surface area contributed by atoms with Gasteiger partial charge in [0.2, 0.25) is 0 Å². The van der Waals surface area contributed by atoms with Gasteiger partial charge >= 0.3 is 0 Å². The number of nitrogens with one attached hydrogen (secondary N) is 2. The Morgan fingerprint density at radius 2 is 2.06 bits per heavy atom. The molecule has 2 heteroatoms. The maximum Gasteiger partial charge on any atom is 0.0205 e. The highest BCUT2D eigenvalue weighted by Crippen LogP contribution is 2.11. The number of rotatable bonds is 6. The van der Waals surface area contributed by atoms with Gasteiger partial charge in [0.15, 0.2) is 0 Å². The molecular formula is C15H24N2. The topological polar surface area (TPSA) is 24.1 Å². The highest BCUT2D eigenvalue weighted by molar-refractivity contribution is 5.14. The Morgan fingerprint density at radius 3 is 2.82 bits per heavy atom. The van der Waals surface area contributed by atoms with Gasteiger partial charge in [-0.15, -0.1) is 0 Å². The van der Waals surface area contributed by atoms with E-state index in [1.54, 1.807) is 0 Å². The third kappa shape index (κ3) is 4.88. The molecule has 0 aliphatic carbocycles. The first kappa shape index (κ1) is 12.6. The van der Waals surface area contributed by atoms with Crippen molar-refractivity contribution in [3.05, 3.63) is 35.9 Å². The second-order valence-corrected chi connectivity index (χ2v) is 4.95. The van der Waals surface area contributed by atoms with E-state index in [4.69, 9.17) is 0 Å². The minimum Gasteiger partial charge on any atom is -0.314 e. The first-order valence-electron chi connectivity index (χ1n) is 6.93. The van der Waals surface area contributed by atoms with E-state index >= 15 is 0 Å². The fourth-order valence-electron chi connectivity index (χ4n) is 2.47. The smallest absolute Gasteiger partial charge is 0.0205 e. The lowest BCUT2D eigenvalue weighted by atomic mass is 10.0. The van der Waals surface area contributed by atoms with E-state index in [9.17, 15) is 0 Å². The third-order valence-electron chi connectivity index (χ3n) is 3.49. The number of hydrogen-bond acceptors (Lipinski definition) is 2. The van der Waals surface area contributed by atoms with Crippen molar-refractivity contribution in [1.82, 2.24) is 10.6 Å². The molecule has 0 amide bonds. The van der Waals surface area contributed by atoms with Gasteiger partial charge in [-0.2, -0.15) is 0 Å². The minimum atomic E-state index is 0.780. The molecule has 1 fully saturated rings. The molecule has 1 unspecified atom stereocenters. The molecule has 1 saturated heterocycles. The van der Waals surface area contributed by atoms with Gasteiger partial charge < -0.3 is 10.6 Å². The predicted molar refractivity (Wildman–Crippen MR) is 73.0 cm³/mol. The molecule has 1 aliphatic heterocycles. The van der Waals surface area contributed by atoms with Crippen LogP contribution in [0, 0.1) is 0 Å². The molecule has 2 N–H and O–H groups in total. The van der Waals surface area contributed by atoms with E-state index in [1.807, 2.05) is 0 Å². The normalized spacial score (nSPS) is 20.4. The first-order valence-corrected chi connectivity index (χ1v) is 6.93. The summed E-state index contributed by atoms with van der Waals surface area (Å²) in [6, 6.07) is 11.4. The summed E-state index contributed by atoms with van der Waals surface area (Å²) < 4.78 is 0. The zero-order chi connectivity index (χ0) is 11.8. The second kappa shape index (κ2) is 7.46. The van der Waals surface area contributed by atoms with E-state index in [1.165, 1.54) is 44.2 Å². The summed E-state index contributed by atoms with van der Waals surface area (Å²) in [6.07, 6.45) is 6.75. The molecule has 0 aromatic heterocycles. The van der Waals surface area contributed by atoms with E-state index in [-0.39, 0.29) is 0 Å². The maximum atomic E-state index is 3.60. The summed E-state index contributed by atoms with van der Waals surface area (Å²) >= 11 is 0. The van der Waals surface area contributed by atoms with Gasteiger partial charge in [-0.3, -0.25) is 0 Å². The Balaban J connectivity index is 1.51. The Bertz CT molecular complexity index is 291. The van der Waals surface area contributed by atoms with Crippen molar-refractivity contribution < 1.29 is 0 Å². The van der Waals surface area contributed by atoms with Crippen LogP contribution in [0.1, 0.15) is 37.7 Å². The molecule has 2 nitrogen and oxygen atoms in total. The number of hydrogen-bond donors (Lipinski definition) is 2. The van der Waals surface area contributed by atoms with E-state index in [0.29, 0.717) is 0 Å². The van der Waals surface area contributed by atoms with Gasteiger partial charge in [0.1, 0.15) is 0 Å². The van der Waals surface area contributed by atoms with Crippen LogP contribution in [0.15, 0.2) is 30.3 Å². The van der Waals surface area contributed by atoms with E-state index in [0.717, 1.165) is 19.1 Å². The molecule has 1 aromatic carbocycles. The number of piperidine rings is 1. The summed E-state index contributed by atoms with van der Waals surface area (Å²) in [5, 5.41) is 7.11. The van der Waals surface area contributed by atoms with E-state index in [2.05, 4.69) is 41.0 Å². The summed E-state index contributed by atoms with van der Waals surface area (Å²) in [5.74, 6) is 0. The monoisotopic (exact) mass is 232 g/mol. The van der Waals surface area contributed by atoms with Gasteiger partial charge in [-0.05, 0) is 44.3 Å². The van der Waals surface area contributed by atoms with Crippen molar-refractivity contribution in [3.63, 3.8) is 0 Å². The van der Waals surface area contributed by atoms with Crippen LogP contribution in [-0.2, 0) is 6.54 Å². The average Bonchev–Trinajstić information content (AvgIpc) is 2.41. The average molecular weight is 232 g/mol. The lowest BCUT2D eigenvalue weighted by molar-refractivity contribution is 0.373. The number of benzene rings is 1. The van der Waals surface area contributed by atoms with E-state index < -0.39 is 0 Å². The fourth-order valence-corrected chi connectivity index (χ4v) is 2.47. The van der Waals surface area contributed by atoms with Crippen LogP contribution >= 0.6 is 0 Å². The Labute approximate surface area is 105 Å². The second-order valence-electron chi connectivity index (χ2n) is 4.95. The van der Waals surface area contributed by atoms with Crippen molar-refractivity contribution in [1.29, 1.82) is 0 Å². The highest BCUT2D eigenvalue weighted by atomic mass is 14.9. The lowest BCUT2D eigenvalue weighted by Crippen LogP contribution is -2.34. The first-order chi connectivity index (χ1) is 8.45. The third-order valence-corrected chi connectivity index (χ3v) is 3.49. The Kier molecular flexibility index (Phi) is 5.53. The molecule has 1 atom stereocenters. The van der Waals surface area contributed by atoms with Crippen molar-refractivity contribution in [2.24, 2.45) is 0 Å². The Hall–Kier alpha value is -0.860. The van der Waals surface area contributed by atoms with Gasteiger partial charge in [0, 0.05) is 12.6 Å². The zero-order valence-electron chi connectivity index (χ0n) is 10.6. The lowest BCUT2D eigenvalue weighted by Gasteiger charge is -2.23. The molecule has 0 spiro atoms. The molecule has 1 heterocycles. The fraction of sp³-hybridized carbons (Fsp3) is 0.600. The van der Waals surface area contributed by atoms with Crippen molar-refractivity contribution in [2.75, 3.05) is 13.1 Å². The zero-order valence-corrected chi connectivity index (χ0v) is 10.6. The molecule has 17 heavy (non-hydrogen) atoms. The standard InChI is InChI=1S/C15H24N2/c1-2-7-14(8-3-1)13-16-11-6-10-15-9-4-5-12-17-15/h1-3,7-8,15-17H,4-6,9-13H2. The maximum absolute atomic E-state index is 3.60. The summed E-state index contributed by atoms with van der Waals surface area (Å²) in [5.41, 5.74) is 1.38. The summed E-state index contributed by atoms with van der Waals surface area (Å²) in [7, 11) is 0. The quantitative estimate of drug-likeness (QED) is 0.737.